The monoisotopic (exact) mass is 213 g/mol. The molecule has 0 saturated heterocycles. The minimum atomic E-state index is 0.527. The highest BCUT2D eigenvalue weighted by atomic mass is 16.5. The molecule has 0 bridgehead atoms. The predicted octanol–water partition coefficient (Wildman–Crippen LogP) is 2.47. The summed E-state index contributed by atoms with van der Waals surface area (Å²) in [6, 6.07) is 11.3. The number of aryl methyl sites for hydroxylation is 1. The average molecular weight is 213 g/mol. The Labute approximate surface area is 93.5 Å². The maximum absolute atomic E-state index is 8.89. The Morgan fingerprint density at radius 3 is 2.94 bits per heavy atom. The van der Waals surface area contributed by atoms with E-state index in [2.05, 4.69) is 16.5 Å². The van der Waals surface area contributed by atoms with Gasteiger partial charge in [-0.25, -0.2) is 0 Å². The molecule has 0 saturated carbocycles. The maximum atomic E-state index is 8.89. The van der Waals surface area contributed by atoms with E-state index in [1.165, 1.54) is 0 Å². The van der Waals surface area contributed by atoms with E-state index in [0.717, 1.165) is 17.1 Å². The molecule has 16 heavy (non-hydrogen) atoms. The second-order valence-corrected chi connectivity index (χ2v) is 3.45. The fourth-order valence-electron chi connectivity index (χ4n) is 1.42. The number of para-hydroxylation sites is 1. The third-order valence-corrected chi connectivity index (χ3v) is 2.18. The van der Waals surface area contributed by atoms with Crippen LogP contribution >= 0.6 is 0 Å². The SMILES string of the molecule is Cc1cc(CNc2ccccc2C#N)on1. The molecule has 0 atom stereocenters. The van der Waals surface area contributed by atoms with Crippen LogP contribution in [0.15, 0.2) is 34.9 Å². The standard InChI is InChI=1S/C12H11N3O/c1-9-6-11(16-15-9)8-14-12-5-3-2-4-10(12)7-13/h2-6,14H,8H2,1H3. The van der Waals surface area contributed by atoms with Gasteiger partial charge in [-0.15, -0.1) is 0 Å². The molecule has 80 valence electrons. The smallest absolute Gasteiger partial charge is 0.156 e. The van der Waals surface area contributed by atoms with E-state index in [9.17, 15) is 0 Å². The van der Waals surface area contributed by atoms with Crippen LogP contribution in [-0.2, 0) is 6.54 Å². The Morgan fingerprint density at radius 1 is 1.44 bits per heavy atom. The van der Waals surface area contributed by atoms with E-state index in [1.807, 2.05) is 31.2 Å². The molecule has 1 aromatic heterocycles. The zero-order valence-corrected chi connectivity index (χ0v) is 8.90. The van der Waals surface area contributed by atoms with Gasteiger partial charge in [0, 0.05) is 6.07 Å². The number of hydrogen-bond donors (Lipinski definition) is 1. The molecule has 0 aliphatic rings. The lowest BCUT2D eigenvalue weighted by molar-refractivity contribution is 0.384. The van der Waals surface area contributed by atoms with Crippen molar-refractivity contribution in [3.63, 3.8) is 0 Å². The second kappa shape index (κ2) is 4.49. The minimum Gasteiger partial charge on any atom is -0.377 e. The van der Waals surface area contributed by atoms with Gasteiger partial charge in [-0.3, -0.25) is 0 Å². The highest BCUT2D eigenvalue weighted by Crippen LogP contribution is 2.15. The van der Waals surface area contributed by atoms with Gasteiger partial charge in [0.2, 0.25) is 0 Å². The number of anilines is 1. The summed E-state index contributed by atoms with van der Waals surface area (Å²) >= 11 is 0. The van der Waals surface area contributed by atoms with Gasteiger partial charge in [-0.1, -0.05) is 17.3 Å². The lowest BCUT2D eigenvalue weighted by atomic mass is 10.2. The predicted molar refractivity (Wildman–Crippen MR) is 59.7 cm³/mol. The molecule has 0 fully saturated rings. The highest BCUT2D eigenvalue weighted by molar-refractivity contribution is 5.57. The molecule has 1 aromatic carbocycles. The molecule has 4 nitrogen and oxygen atoms in total. The van der Waals surface area contributed by atoms with Crippen molar-refractivity contribution in [1.29, 1.82) is 5.26 Å². The van der Waals surface area contributed by atoms with Crippen LogP contribution in [0.5, 0.6) is 0 Å². The van der Waals surface area contributed by atoms with E-state index < -0.39 is 0 Å². The van der Waals surface area contributed by atoms with Crippen LogP contribution in [0.4, 0.5) is 5.69 Å². The Hall–Kier alpha value is -2.28. The molecular formula is C12H11N3O. The fraction of sp³-hybridized carbons (Fsp3) is 0.167. The number of benzene rings is 1. The minimum absolute atomic E-state index is 0.527. The summed E-state index contributed by atoms with van der Waals surface area (Å²) in [6.07, 6.45) is 0. The highest BCUT2D eigenvalue weighted by Gasteiger charge is 2.03. The Morgan fingerprint density at radius 2 is 2.25 bits per heavy atom. The van der Waals surface area contributed by atoms with Crippen molar-refractivity contribution in [2.24, 2.45) is 0 Å². The first-order chi connectivity index (χ1) is 7.79. The normalized spacial score (nSPS) is 9.75. The third kappa shape index (κ3) is 2.20. The van der Waals surface area contributed by atoms with Gasteiger partial charge in [-0.05, 0) is 19.1 Å². The van der Waals surface area contributed by atoms with Crippen LogP contribution in [0.1, 0.15) is 17.0 Å². The summed E-state index contributed by atoms with van der Waals surface area (Å²) in [4.78, 5) is 0. The zero-order chi connectivity index (χ0) is 11.4. The first-order valence-electron chi connectivity index (χ1n) is 4.95. The van der Waals surface area contributed by atoms with Gasteiger partial charge in [0.25, 0.3) is 0 Å². The number of nitrogens with one attached hydrogen (secondary N) is 1. The van der Waals surface area contributed by atoms with Crippen LogP contribution in [0, 0.1) is 18.3 Å². The summed E-state index contributed by atoms with van der Waals surface area (Å²) in [5, 5.41) is 15.8. The van der Waals surface area contributed by atoms with Crippen molar-refractivity contribution in [2.75, 3.05) is 5.32 Å². The van der Waals surface area contributed by atoms with E-state index in [-0.39, 0.29) is 0 Å². The summed E-state index contributed by atoms with van der Waals surface area (Å²) in [7, 11) is 0. The number of aromatic nitrogens is 1. The zero-order valence-electron chi connectivity index (χ0n) is 8.90. The average Bonchev–Trinajstić information content (AvgIpc) is 2.73. The molecule has 0 spiro atoms. The molecular weight excluding hydrogens is 202 g/mol. The molecule has 2 aromatic rings. The van der Waals surface area contributed by atoms with Crippen molar-refractivity contribution < 1.29 is 4.52 Å². The fourth-order valence-corrected chi connectivity index (χ4v) is 1.42. The molecule has 1 heterocycles. The Bertz CT molecular complexity index is 525. The summed E-state index contributed by atoms with van der Waals surface area (Å²) < 4.78 is 5.06. The van der Waals surface area contributed by atoms with Crippen molar-refractivity contribution in [3.8, 4) is 6.07 Å². The second-order valence-electron chi connectivity index (χ2n) is 3.45. The van der Waals surface area contributed by atoms with Gasteiger partial charge in [-0.2, -0.15) is 5.26 Å². The van der Waals surface area contributed by atoms with Crippen LogP contribution in [0.25, 0.3) is 0 Å². The van der Waals surface area contributed by atoms with E-state index in [0.29, 0.717) is 12.1 Å². The Kier molecular flexibility index (Phi) is 2.88. The third-order valence-electron chi connectivity index (χ3n) is 2.18. The Balaban J connectivity index is 2.08. The van der Waals surface area contributed by atoms with Gasteiger partial charge >= 0.3 is 0 Å². The molecule has 0 unspecified atom stereocenters. The van der Waals surface area contributed by atoms with Crippen LogP contribution < -0.4 is 5.32 Å². The van der Waals surface area contributed by atoms with Gasteiger partial charge in [0.1, 0.15) is 6.07 Å². The lowest BCUT2D eigenvalue weighted by Gasteiger charge is -2.04. The topological polar surface area (TPSA) is 61.9 Å². The molecule has 0 aliphatic heterocycles. The quantitative estimate of drug-likeness (QED) is 0.850. The molecule has 4 heteroatoms. The first kappa shape index (κ1) is 10.2. The van der Waals surface area contributed by atoms with Crippen molar-refractivity contribution in [1.82, 2.24) is 5.16 Å². The lowest BCUT2D eigenvalue weighted by Crippen LogP contribution is -1.99. The van der Waals surface area contributed by atoms with Crippen molar-refractivity contribution in [3.05, 3.63) is 47.3 Å². The van der Waals surface area contributed by atoms with Crippen LogP contribution in [0.3, 0.4) is 0 Å². The molecule has 0 radical (unpaired) electrons. The summed E-state index contributed by atoms with van der Waals surface area (Å²) in [5.74, 6) is 0.755. The first-order valence-corrected chi connectivity index (χ1v) is 4.95. The number of rotatable bonds is 3. The number of nitrogens with zero attached hydrogens (tertiary/aromatic N) is 2. The molecule has 2 rings (SSSR count). The van der Waals surface area contributed by atoms with Gasteiger partial charge in [0.15, 0.2) is 5.76 Å². The van der Waals surface area contributed by atoms with Crippen LogP contribution in [0.2, 0.25) is 0 Å². The van der Waals surface area contributed by atoms with E-state index in [4.69, 9.17) is 9.78 Å². The number of hydrogen-bond acceptors (Lipinski definition) is 4. The summed E-state index contributed by atoms with van der Waals surface area (Å²) in [5.41, 5.74) is 2.28. The van der Waals surface area contributed by atoms with E-state index >= 15 is 0 Å². The number of nitriles is 1. The van der Waals surface area contributed by atoms with Crippen LogP contribution in [-0.4, -0.2) is 5.16 Å². The maximum Gasteiger partial charge on any atom is 0.156 e. The van der Waals surface area contributed by atoms with Gasteiger partial charge < -0.3 is 9.84 Å². The molecule has 0 amide bonds. The van der Waals surface area contributed by atoms with Crippen molar-refractivity contribution >= 4 is 5.69 Å². The molecule has 1 N–H and O–H groups in total. The van der Waals surface area contributed by atoms with Gasteiger partial charge in [0.05, 0.1) is 23.5 Å². The summed E-state index contributed by atoms with van der Waals surface area (Å²) in [6.45, 7) is 2.40. The van der Waals surface area contributed by atoms with E-state index in [1.54, 1.807) is 6.07 Å². The molecule has 0 aliphatic carbocycles. The van der Waals surface area contributed by atoms with Crippen molar-refractivity contribution in [2.45, 2.75) is 13.5 Å². The largest absolute Gasteiger partial charge is 0.377 e.